The summed E-state index contributed by atoms with van der Waals surface area (Å²) >= 11 is 0. The SMILES string of the molecule is NC(=O)CC[C@H](NCC(O)CO)C(=O)O. The number of hydrogen-bond donors (Lipinski definition) is 5. The molecule has 1 amide bonds. The fraction of sp³-hybridized carbons (Fsp3) is 0.750. The van der Waals surface area contributed by atoms with Crippen LogP contribution in [0.1, 0.15) is 12.8 Å². The zero-order valence-corrected chi connectivity index (χ0v) is 8.22. The number of nitrogens with two attached hydrogens (primary N) is 1. The first-order valence-corrected chi connectivity index (χ1v) is 4.50. The largest absolute Gasteiger partial charge is 0.480 e. The minimum absolute atomic E-state index is 0.0425. The first-order valence-electron chi connectivity index (χ1n) is 4.50. The summed E-state index contributed by atoms with van der Waals surface area (Å²) in [6.07, 6.45) is -0.998. The minimum atomic E-state index is -1.12. The van der Waals surface area contributed by atoms with Gasteiger partial charge in [0, 0.05) is 13.0 Å². The third-order valence-electron chi connectivity index (χ3n) is 1.79. The second-order valence-electron chi connectivity index (χ2n) is 3.14. The maximum Gasteiger partial charge on any atom is 0.320 e. The molecule has 7 nitrogen and oxygen atoms in total. The Bertz CT molecular complexity index is 221. The van der Waals surface area contributed by atoms with Crippen LogP contribution >= 0.6 is 0 Å². The van der Waals surface area contributed by atoms with Gasteiger partial charge in [0.05, 0.1) is 12.7 Å². The van der Waals surface area contributed by atoms with Crippen molar-refractivity contribution in [2.45, 2.75) is 25.0 Å². The van der Waals surface area contributed by atoms with Gasteiger partial charge in [0.25, 0.3) is 0 Å². The van der Waals surface area contributed by atoms with E-state index in [-0.39, 0.29) is 19.4 Å². The summed E-state index contributed by atoms with van der Waals surface area (Å²) in [7, 11) is 0. The molecular weight excluding hydrogens is 204 g/mol. The van der Waals surface area contributed by atoms with Crippen LogP contribution in [0.5, 0.6) is 0 Å². The molecule has 88 valence electrons. The lowest BCUT2D eigenvalue weighted by Crippen LogP contribution is -2.42. The molecule has 6 N–H and O–H groups in total. The van der Waals surface area contributed by atoms with Gasteiger partial charge in [-0.05, 0) is 6.42 Å². The molecule has 0 aromatic rings. The molecule has 0 aliphatic carbocycles. The number of hydrogen-bond acceptors (Lipinski definition) is 5. The Labute approximate surface area is 86.9 Å². The average molecular weight is 220 g/mol. The van der Waals surface area contributed by atoms with Crippen LogP contribution in [-0.2, 0) is 9.59 Å². The Morgan fingerprint density at radius 2 is 2.00 bits per heavy atom. The Morgan fingerprint density at radius 3 is 2.40 bits per heavy atom. The van der Waals surface area contributed by atoms with Gasteiger partial charge in [0.2, 0.25) is 5.91 Å². The van der Waals surface area contributed by atoms with E-state index in [9.17, 15) is 9.59 Å². The lowest BCUT2D eigenvalue weighted by Gasteiger charge is -2.15. The highest BCUT2D eigenvalue weighted by Crippen LogP contribution is 1.97. The van der Waals surface area contributed by atoms with E-state index in [4.69, 9.17) is 21.1 Å². The van der Waals surface area contributed by atoms with Crippen LogP contribution in [0.25, 0.3) is 0 Å². The normalized spacial score (nSPS) is 14.5. The van der Waals surface area contributed by atoms with E-state index in [2.05, 4.69) is 5.32 Å². The fourth-order valence-electron chi connectivity index (χ4n) is 0.942. The molecule has 7 heteroatoms. The second kappa shape index (κ2) is 7.16. The molecule has 2 atom stereocenters. The molecule has 0 aromatic heterocycles. The maximum atomic E-state index is 10.7. The van der Waals surface area contributed by atoms with Crippen LogP contribution in [0.3, 0.4) is 0 Å². The quantitative estimate of drug-likeness (QED) is 0.311. The van der Waals surface area contributed by atoms with Crippen LogP contribution in [0, 0.1) is 0 Å². The number of aliphatic carboxylic acids is 1. The van der Waals surface area contributed by atoms with Crippen molar-refractivity contribution in [3.63, 3.8) is 0 Å². The highest BCUT2D eigenvalue weighted by atomic mass is 16.4. The number of carboxylic acids is 1. The molecule has 0 radical (unpaired) electrons. The van der Waals surface area contributed by atoms with Crippen LogP contribution in [-0.4, -0.2) is 52.5 Å². The average Bonchev–Trinajstić information content (AvgIpc) is 2.16. The fourth-order valence-corrected chi connectivity index (χ4v) is 0.942. The van der Waals surface area contributed by atoms with Crippen LogP contribution in [0.15, 0.2) is 0 Å². The number of aliphatic hydroxyl groups excluding tert-OH is 2. The van der Waals surface area contributed by atoms with Crippen molar-refractivity contribution in [1.82, 2.24) is 5.32 Å². The standard InChI is InChI=1S/C8H16N2O5/c9-7(13)2-1-6(8(14)15)10-3-5(12)4-11/h5-6,10-12H,1-4H2,(H2,9,13)(H,14,15)/t5?,6-/m0/s1. The molecule has 1 unspecified atom stereocenters. The third kappa shape index (κ3) is 6.83. The number of carbonyl (C=O) groups excluding carboxylic acids is 1. The number of nitrogens with one attached hydrogen (secondary N) is 1. The summed E-state index contributed by atoms with van der Waals surface area (Å²) in [5, 5.41) is 28.7. The van der Waals surface area contributed by atoms with Gasteiger partial charge in [-0.25, -0.2) is 0 Å². The van der Waals surface area contributed by atoms with Crippen molar-refractivity contribution < 1.29 is 24.9 Å². The molecule has 0 rings (SSSR count). The van der Waals surface area contributed by atoms with E-state index >= 15 is 0 Å². The summed E-state index contributed by atoms with van der Waals surface area (Å²) in [5.74, 6) is -1.70. The summed E-state index contributed by atoms with van der Waals surface area (Å²) in [4.78, 5) is 21.1. The van der Waals surface area contributed by atoms with Gasteiger partial charge in [-0.3, -0.25) is 9.59 Å². The van der Waals surface area contributed by atoms with Crippen molar-refractivity contribution >= 4 is 11.9 Å². The summed E-state index contributed by atoms with van der Waals surface area (Å²) in [6.45, 7) is -0.499. The molecule has 0 aliphatic rings. The summed E-state index contributed by atoms with van der Waals surface area (Å²) in [5.41, 5.74) is 4.87. The predicted molar refractivity (Wildman–Crippen MR) is 50.9 cm³/mol. The predicted octanol–water partition coefficient (Wildman–Crippen LogP) is -2.35. The van der Waals surface area contributed by atoms with E-state index in [0.29, 0.717) is 0 Å². The molecule has 0 spiro atoms. The number of amides is 1. The van der Waals surface area contributed by atoms with Crippen molar-refractivity contribution in [2.24, 2.45) is 5.73 Å². The van der Waals surface area contributed by atoms with E-state index in [0.717, 1.165) is 0 Å². The van der Waals surface area contributed by atoms with Crippen LogP contribution in [0.2, 0.25) is 0 Å². The summed E-state index contributed by atoms with van der Waals surface area (Å²) < 4.78 is 0. The molecule has 0 saturated carbocycles. The third-order valence-corrected chi connectivity index (χ3v) is 1.79. The molecule has 0 fully saturated rings. The Balaban J connectivity index is 3.94. The van der Waals surface area contributed by atoms with Crippen molar-refractivity contribution in [3.8, 4) is 0 Å². The van der Waals surface area contributed by atoms with E-state index in [1.807, 2.05) is 0 Å². The van der Waals surface area contributed by atoms with E-state index in [1.54, 1.807) is 0 Å². The van der Waals surface area contributed by atoms with E-state index in [1.165, 1.54) is 0 Å². The van der Waals surface area contributed by atoms with Crippen molar-refractivity contribution in [2.75, 3.05) is 13.2 Å². The zero-order valence-electron chi connectivity index (χ0n) is 8.22. The molecule has 0 saturated heterocycles. The van der Waals surface area contributed by atoms with Crippen molar-refractivity contribution in [3.05, 3.63) is 0 Å². The number of carboxylic acid groups (broad SMARTS) is 1. The second-order valence-corrected chi connectivity index (χ2v) is 3.14. The topological polar surface area (TPSA) is 133 Å². The first kappa shape index (κ1) is 13.8. The first-order chi connectivity index (χ1) is 6.97. The van der Waals surface area contributed by atoms with Crippen LogP contribution < -0.4 is 11.1 Å². The van der Waals surface area contributed by atoms with Gasteiger partial charge < -0.3 is 26.4 Å². The number of carbonyl (C=O) groups is 2. The Hall–Kier alpha value is -1.18. The van der Waals surface area contributed by atoms with Gasteiger partial charge in [-0.2, -0.15) is 0 Å². The zero-order chi connectivity index (χ0) is 11.8. The number of primary amides is 1. The highest BCUT2D eigenvalue weighted by Gasteiger charge is 2.18. The lowest BCUT2D eigenvalue weighted by atomic mass is 10.1. The number of rotatable bonds is 8. The van der Waals surface area contributed by atoms with Crippen LogP contribution in [0.4, 0.5) is 0 Å². The molecule has 0 bridgehead atoms. The molecule has 15 heavy (non-hydrogen) atoms. The van der Waals surface area contributed by atoms with Gasteiger partial charge in [-0.15, -0.1) is 0 Å². The molecule has 0 aromatic carbocycles. The van der Waals surface area contributed by atoms with Crippen molar-refractivity contribution in [1.29, 1.82) is 0 Å². The van der Waals surface area contributed by atoms with Gasteiger partial charge in [0.15, 0.2) is 0 Å². The minimum Gasteiger partial charge on any atom is -0.480 e. The lowest BCUT2D eigenvalue weighted by molar-refractivity contribution is -0.139. The molecule has 0 aliphatic heterocycles. The van der Waals surface area contributed by atoms with E-state index < -0.39 is 30.6 Å². The number of aliphatic hydroxyl groups is 2. The highest BCUT2D eigenvalue weighted by molar-refractivity contribution is 5.77. The maximum absolute atomic E-state index is 10.7. The van der Waals surface area contributed by atoms with Gasteiger partial charge in [-0.1, -0.05) is 0 Å². The smallest absolute Gasteiger partial charge is 0.320 e. The molecular formula is C8H16N2O5. The van der Waals surface area contributed by atoms with Gasteiger partial charge >= 0.3 is 5.97 Å². The Morgan fingerprint density at radius 1 is 1.40 bits per heavy atom. The van der Waals surface area contributed by atoms with Gasteiger partial charge in [0.1, 0.15) is 6.04 Å². The molecule has 0 heterocycles. The Kier molecular flexibility index (Phi) is 6.59. The summed E-state index contributed by atoms with van der Waals surface area (Å²) in [6, 6.07) is -0.946. The monoisotopic (exact) mass is 220 g/mol.